The minimum absolute atomic E-state index is 0.0243. The van der Waals surface area contributed by atoms with Gasteiger partial charge in [-0.05, 0) is 23.8 Å². The Morgan fingerprint density at radius 1 is 1.11 bits per heavy atom. The first-order valence-corrected chi connectivity index (χ1v) is 9.62. The number of benzene rings is 2. The first-order valence-electron chi connectivity index (χ1n) is 9.24. The zero-order valence-corrected chi connectivity index (χ0v) is 16.3. The highest BCUT2D eigenvalue weighted by Gasteiger charge is 2.20. The van der Waals surface area contributed by atoms with Gasteiger partial charge in [0.25, 0.3) is 5.69 Å². The van der Waals surface area contributed by atoms with Gasteiger partial charge in [-0.3, -0.25) is 19.9 Å². The normalized spacial score (nSPS) is 16.6. The molecule has 7 nitrogen and oxygen atoms in total. The van der Waals surface area contributed by atoms with E-state index in [4.69, 9.17) is 16.3 Å². The lowest BCUT2D eigenvalue weighted by atomic mass is 10.2. The van der Waals surface area contributed by atoms with E-state index in [1.54, 1.807) is 12.1 Å². The van der Waals surface area contributed by atoms with Crippen LogP contribution < -0.4 is 4.74 Å². The average molecular weight is 406 g/mol. The smallest absolute Gasteiger partial charge is 0.273 e. The van der Waals surface area contributed by atoms with Gasteiger partial charge in [0, 0.05) is 50.4 Å². The van der Waals surface area contributed by atoms with E-state index in [0.29, 0.717) is 12.3 Å². The molecule has 0 aromatic heterocycles. The third-order valence-electron chi connectivity index (χ3n) is 4.72. The van der Waals surface area contributed by atoms with Crippen molar-refractivity contribution in [1.29, 1.82) is 0 Å². The molecule has 0 aliphatic carbocycles. The lowest BCUT2D eigenvalue weighted by Crippen LogP contribution is -2.48. The van der Waals surface area contributed by atoms with Crippen LogP contribution in [0.2, 0.25) is 5.02 Å². The molecule has 2 aromatic carbocycles. The number of nitrogens with zero attached hydrogens (tertiary/aromatic N) is 3. The molecule has 0 spiro atoms. The number of nitro benzene ring substituents is 1. The summed E-state index contributed by atoms with van der Waals surface area (Å²) >= 11 is 5.92. The van der Waals surface area contributed by atoms with Gasteiger partial charge in [-0.1, -0.05) is 29.8 Å². The van der Waals surface area contributed by atoms with Gasteiger partial charge in [0.15, 0.2) is 0 Å². The van der Waals surface area contributed by atoms with E-state index in [9.17, 15) is 15.2 Å². The third kappa shape index (κ3) is 6.17. The van der Waals surface area contributed by atoms with Gasteiger partial charge < -0.3 is 9.84 Å². The number of β-amino-alcohol motifs (C(OH)–C–C–N with tert-alkyl or cyclic N) is 1. The van der Waals surface area contributed by atoms with Crippen molar-refractivity contribution < 1.29 is 14.8 Å². The first-order chi connectivity index (χ1) is 13.5. The average Bonchev–Trinajstić information content (AvgIpc) is 2.70. The fourth-order valence-corrected chi connectivity index (χ4v) is 3.33. The fraction of sp³-hybridized carbons (Fsp3) is 0.400. The molecule has 0 radical (unpaired) electrons. The fourth-order valence-electron chi connectivity index (χ4n) is 3.21. The van der Waals surface area contributed by atoms with E-state index in [0.717, 1.165) is 37.7 Å². The molecule has 28 heavy (non-hydrogen) atoms. The largest absolute Gasteiger partial charge is 0.491 e. The number of hydrogen-bond donors (Lipinski definition) is 1. The summed E-state index contributed by atoms with van der Waals surface area (Å²) in [7, 11) is 0. The van der Waals surface area contributed by atoms with E-state index in [2.05, 4.69) is 9.80 Å². The molecule has 1 fully saturated rings. The second kappa shape index (κ2) is 9.84. The minimum atomic E-state index is -0.651. The molecule has 1 N–H and O–H groups in total. The highest BCUT2D eigenvalue weighted by molar-refractivity contribution is 6.30. The summed E-state index contributed by atoms with van der Waals surface area (Å²) in [6.45, 7) is 5.13. The quantitative estimate of drug-likeness (QED) is 0.537. The zero-order valence-electron chi connectivity index (χ0n) is 15.5. The Labute approximate surface area is 169 Å². The molecular formula is C20H24ClN3O4. The minimum Gasteiger partial charge on any atom is -0.491 e. The van der Waals surface area contributed by atoms with Gasteiger partial charge in [-0.15, -0.1) is 0 Å². The Hall–Kier alpha value is -2.19. The summed E-state index contributed by atoms with van der Waals surface area (Å²) in [5.74, 6) is 0.390. The Morgan fingerprint density at radius 2 is 1.79 bits per heavy atom. The van der Waals surface area contributed by atoms with E-state index in [1.165, 1.54) is 17.7 Å². The molecule has 0 amide bonds. The topological polar surface area (TPSA) is 79.1 Å². The van der Waals surface area contributed by atoms with Gasteiger partial charge in [0.05, 0.1) is 11.0 Å². The van der Waals surface area contributed by atoms with E-state index in [-0.39, 0.29) is 12.3 Å². The Morgan fingerprint density at radius 3 is 2.46 bits per heavy atom. The first kappa shape index (κ1) is 20.5. The van der Waals surface area contributed by atoms with Crippen LogP contribution in [0.25, 0.3) is 0 Å². The highest BCUT2D eigenvalue weighted by Crippen LogP contribution is 2.19. The molecule has 3 rings (SSSR count). The van der Waals surface area contributed by atoms with E-state index < -0.39 is 11.0 Å². The second-order valence-electron chi connectivity index (χ2n) is 6.92. The molecule has 0 bridgehead atoms. The van der Waals surface area contributed by atoms with E-state index in [1.807, 2.05) is 24.3 Å². The molecule has 1 unspecified atom stereocenters. The second-order valence-corrected chi connectivity index (χ2v) is 7.36. The lowest BCUT2D eigenvalue weighted by molar-refractivity contribution is -0.384. The summed E-state index contributed by atoms with van der Waals surface area (Å²) in [4.78, 5) is 14.9. The van der Waals surface area contributed by atoms with Gasteiger partial charge >= 0.3 is 0 Å². The number of nitro groups is 1. The van der Waals surface area contributed by atoms with Crippen LogP contribution in [0.15, 0.2) is 48.5 Å². The summed E-state index contributed by atoms with van der Waals surface area (Å²) < 4.78 is 5.51. The number of ether oxygens (including phenoxy) is 1. The van der Waals surface area contributed by atoms with Crippen LogP contribution >= 0.6 is 11.6 Å². The van der Waals surface area contributed by atoms with Crippen molar-refractivity contribution in [2.24, 2.45) is 0 Å². The van der Waals surface area contributed by atoms with Gasteiger partial charge in [0.2, 0.25) is 0 Å². The Kier molecular flexibility index (Phi) is 7.22. The molecule has 1 heterocycles. The Bertz CT molecular complexity index is 779. The highest BCUT2D eigenvalue weighted by atomic mass is 35.5. The number of hydrogen-bond acceptors (Lipinski definition) is 6. The van der Waals surface area contributed by atoms with Gasteiger partial charge in [0.1, 0.15) is 18.5 Å². The molecular weight excluding hydrogens is 382 g/mol. The summed E-state index contributed by atoms with van der Waals surface area (Å²) in [5.41, 5.74) is 1.21. The van der Waals surface area contributed by atoms with Crippen molar-refractivity contribution in [3.05, 3.63) is 69.2 Å². The summed E-state index contributed by atoms with van der Waals surface area (Å²) in [6.07, 6.45) is -0.651. The molecule has 0 saturated carbocycles. The third-order valence-corrected chi connectivity index (χ3v) is 4.98. The van der Waals surface area contributed by atoms with Crippen LogP contribution in [-0.2, 0) is 6.54 Å². The zero-order chi connectivity index (χ0) is 19.9. The van der Waals surface area contributed by atoms with Crippen LogP contribution in [-0.4, -0.2) is 65.3 Å². The van der Waals surface area contributed by atoms with Crippen LogP contribution in [0, 0.1) is 10.1 Å². The SMILES string of the molecule is O=[N+]([O-])c1cccc(OCC(O)CN2CCN(Cc3ccc(Cl)cc3)CC2)c1. The maximum atomic E-state index is 10.8. The Balaban J connectivity index is 1.38. The van der Waals surface area contributed by atoms with Crippen molar-refractivity contribution >= 4 is 17.3 Å². The number of halogens is 1. The van der Waals surface area contributed by atoms with Gasteiger partial charge in [-0.25, -0.2) is 0 Å². The van der Waals surface area contributed by atoms with Crippen LogP contribution in [0.1, 0.15) is 5.56 Å². The number of rotatable bonds is 8. The van der Waals surface area contributed by atoms with Crippen LogP contribution in [0.5, 0.6) is 5.75 Å². The molecule has 150 valence electrons. The predicted molar refractivity (Wildman–Crippen MR) is 108 cm³/mol. The predicted octanol–water partition coefficient (Wildman–Crippen LogP) is 2.81. The molecule has 8 heteroatoms. The van der Waals surface area contributed by atoms with Crippen molar-refractivity contribution in [3.63, 3.8) is 0 Å². The number of piperazine rings is 1. The van der Waals surface area contributed by atoms with E-state index >= 15 is 0 Å². The standard InChI is InChI=1S/C20H24ClN3O4/c21-17-6-4-16(5-7-17)13-22-8-10-23(11-9-22)14-19(25)15-28-20-3-1-2-18(12-20)24(26)27/h1-7,12,19,25H,8-11,13-15H2. The van der Waals surface area contributed by atoms with Crippen LogP contribution in [0.3, 0.4) is 0 Å². The maximum Gasteiger partial charge on any atom is 0.273 e. The van der Waals surface area contributed by atoms with Crippen molar-refractivity contribution in [2.75, 3.05) is 39.3 Å². The number of non-ortho nitro benzene ring substituents is 1. The molecule has 2 aromatic rings. The monoisotopic (exact) mass is 405 g/mol. The lowest BCUT2D eigenvalue weighted by Gasteiger charge is -2.35. The number of aliphatic hydroxyl groups excluding tert-OH is 1. The van der Waals surface area contributed by atoms with Crippen molar-refractivity contribution in [1.82, 2.24) is 9.80 Å². The molecule has 1 aliphatic heterocycles. The molecule has 1 saturated heterocycles. The molecule has 1 atom stereocenters. The van der Waals surface area contributed by atoms with Gasteiger partial charge in [-0.2, -0.15) is 0 Å². The maximum absolute atomic E-state index is 10.8. The summed E-state index contributed by atoms with van der Waals surface area (Å²) in [6, 6.07) is 13.9. The van der Waals surface area contributed by atoms with Crippen molar-refractivity contribution in [3.8, 4) is 5.75 Å². The molecule has 1 aliphatic rings. The van der Waals surface area contributed by atoms with Crippen LogP contribution in [0.4, 0.5) is 5.69 Å². The summed E-state index contributed by atoms with van der Waals surface area (Å²) in [5, 5.41) is 21.8. The number of aliphatic hydroxyl groups is 1. The van der Waals surface area contributed by atoms with Crippen molar-refractivity contribution in [2.45, 2.75) is 12.6 Å².